The number of nitrogens with zero attached hydrogens (tertiary/aromatic N) is 1. The smallest absolute Gasteiger partial charge is 0.126 e. The standard InChI is InChI=1S/C16H12FNO/c17-14-7-2-8-15(10-14)19-11-13-5-1-4-12-6-3-9-18-16(12)13/h1-10H,11H2. The SMILES string of the molecule is Fc1cccc(OCc2cccc3cccnc23)c1. The summed E-state index contributed by atoms with van der Waals surface area (Å²) < 4.78 is 18.7. The minimum Gasteiger partial charge on any atom is -0.489 e. The van der Waals surface area contributed by atoms with Crippen LogP contribution in [0.2, 0.25) is 0 Å². The molecule has 3 aromatic rings. The molecular formula is C16H12FNO. The van der Waals surface area contributed by atoms with E-state index < -0.39 is 0 Å². The van der Waals surface area contributed by atoms with E-state index in [1.807, 2.05) is 30.3 Å². The monoisotopic (exact) mass is 253 g/mol. The summed E-state index contributed by atoms with van der Waals surface area (Å²) in [6, 6.07) is 16.0. The van der Waals surface area contributed by atoms with Gasteiger partial charge in [0, 0.05) is 23.2 Å². The molecular weight excluding hydrogens is 241 g/mol. The molecule has 94 valence electrons. The van der Waals surface area contributed by atoms with Crippen molar-refractivity contribution >= 4 is 10.9 Å². The maximum atomic E-state index is 13.1. The zero-order valence-corrected chi connectivity index (χ0v) is 10.2. The van der Waals surface area contributed by atoms with E-state index >= 15 is 0 Å². The molecule has 0 saturated carbocycles. The number of hydrogen-bond donors (Lipinski definition) is 0. The second-order valence-corrected chi connectivity index (χ2v) is 4.24. The van der Waals surface area contributed by atoms with Gasteiger partial charge < -0.3 is 4.74 Å². The van der Waals surface area contributed by atoms with E-state index in [9.17, 15) is 4.39 Å². The highest BCUT2D eigenvalue weighted by Gasteiger charge is 2.03. The number of rotatable bonds is 3. The Hall–Kier alpha value is -2.42. The first-order valence-corrected chi connectivity index (χ1v) is 6.04. The molecule has 0 aliphatic carbocycles. The minimum absolute atomic E-state index is 0.298. The molecule has 0 unspecified atom stereocenters. The zero-order chi connectivity index (χ0) is 13.1. The Bertz CT molecular complexity index is 706. The zero-order valence-electron chi connectivity index (χ0n) is 10.2. The van der Waals surface area contributed by atoms with Gasteiger partial charge in [-0.2, -0.15) is 0 Å². The predicted molar refractivity (Wildman–Crippen MR) is 72.5 cm³/mol. The van der Waals surface area contributed by atoms with Gasteiger partial charge in [-0.1, -0.05) is 30.3 Å². The third-order valence-electron chi connectivity index (χ3n) is 2.91. The van der Waals surface area contributed by atoms with Gasteiger partial charge in [-0.05, 0) is 18.2 Å². The van der Waals surface area contributed by atoms with Gasteiger partial charge in [-0.3, -0.25) is 4.98 Å². The summed E-state index contributed by atoms with van der Waals surface area (Å²) in [5, 5.41) is 1.07. The summed E-state index contributed by atoms with van der Waals surface area (Å²) in [6.45, 7) is 0.373. The molecule has 0 spiro atoms. The van der Waals surface area contributed by atoms with Gasteiger partial charge in [0.15, 0.2) is 0 Å². The Labute approximate surface area is 110 Å². The fourth-order valence-corrected chi connectivity index (χ4v) is 2.00. The fraction of sp³-hybridized carbons (Fsp3) is 0.0625. The quantitative estimate of drug-likeness (QED) is 0.705. The summed E-state index contributed by atoms with van der Waals surface area (Å²) in [4.78, 5) is 4.36. The number of fused-ring (bicyclic) bond motifs is 1. The van der Waals surface area contributed by atoms with Crippen LogP contribution in [-0.4, -0.2) is 4.98 Å². The Morgan fingerprint density at radius 1 is 1.00 bits per heavy atom. The van der Waals surface area contributed by atoms with Crippen molar-refractivity contribution in [1.29, 1.82) is 0 Å². The summed E-state index contributed by atoms with van der Waals surface area (Å²) in [5.74, 6) is 0.224. The summed E-state index contributed by atoms with van der Waals surface area (Å²) in [6.07, 6.45) is 1.76. The van der Waals surface area contributed by atoms with Crippen molar-refractivity contribution in [3.63, 3.8) is 0 Å². The van der Waals surface area contributed by atoms with E-state index in [1.165, 1.54) is 12.1 Å². The molecule has 0 N–H and O–H groups in total. The van der Waals surface area contributed by atoms with Gasteiger partial charge in [0.05, 0.1) is 5.52 Å². The maximum Gasteiger partial charge on any atom is 0.126 e. The van der Waals surface area contributed by atoms with Crippen LogP contribution >= 0.6 is 0 Å². The molecule has 0 aliphatic heterocycles. The molecule has 0 aliphatic rings. The number of benzene rings is 2. The topological polar surface area (TPSA) is 22.1 Å². The lowest BCUT2D eigenvalue weighted by Crippen LogP contribution is -1.97. The summed E-state index contributed by atoms with van der Waals surface area (Å²) in [7, 11) is 0. The van der Waals surface area contributed by atoms with Crippen LogP contribution in [-0.2, 0) is 6.61 Å². The molecule has 0 bridgehead atoms. The van der Waals surface area contributed by atoms with E-state index in [-0.39, 0.29) is 5.82 Å². The largest absolute Gasteiger partial charge is 0.489 e. The van der Waals surface area contributed by atoms with Gasteiger partial charge in [-0.15, -0.1) is 0 Å². The van der Waals surface area contributed by atoms with Crippen LogP contribution in [0.1, 0.15) is 5.56 Å². The van der Waals surface area contributed by atoms with Crippen LogP contribution in [0.3, 0.4) is 0 Å². The molecule has 0 atom stereocenters. The fourth-order valence-electron chi connectivity index (χ4n) is 2.00. The number of hydrogen-bond acceptors (Lipinski definition) is 2. The Balaban J connectivity index is 1.86. The van der Waals surface area contributed by atoms with Gasteiger partial charge in [0.2, 0.25) is 0 Å². The van der Waals surface area contributed by atoms with Gasteiger partial charge in [0.1, 0.15) is 18.2 Å². The molecule has 2 aromatic carbocycles. The molecule has 1 aromatic heterocycles. The highest BCUT2D eigenvalue weighted by atomic mass is 19.1. The van der Waals surface area contributed by atoms with Crippen LogP contribution < -0.4 is 4.74 Å². The van der Waals surface area contributed by atoms with Crippen molar-refractivity contribution in [2.75, 3.05) is 0 Å². The summed E-state index contributed by atoms with van der Waals surface area (Å²) >= 11 is 0. The average Bonchev–Trinajstić information content (AvgIpc) is 2.45. The lowest BCUT2D eigenvalue weighted by atomic mass is 10.1. The first kappa shape index (κ1) is 11.7. The second kappa shape index (κ2) is 5.06. The van der Waals surface area contributed by atoms with Crippen molar-refractivity contribution in [2.24, 2.45) is 0 Å². The normalized spacial score (nSPS) is 10.6. The number of pyridine rings is 1. The van der Waals surface area contributed by atoms with Crippen molar-refractivity contribution in [2.45, 2.75) is 6.61 Å². The van der Waals surface area contributed by atoms with Crippen LogP contribution in [0.4, 0.5) is 4.39 Å². The Morgan fingerprint density at radius 3 is 2.74 bits per heavy atom. The highest BCUT2D eigenvalue weighted by molar-refractivity contribution is 5.81. The maximum absolute atomic E-state index is 13.1. The van der Waals surface area contributed by atoms with Gasteiger partial charge in [-0.25, -0.2) is 4.39 Å². The molecule has 2 nitrogen and oxygen atoms in total. The van der Waals surface area contributed by atoms with Crippen LogP contribution in [0.5, 0.6) is 5.75 Å². The molecule has 3 heteroatoms. The van der Waals surface area contributed by atoms with E-state index in [0.29, 0.717) is 12.4 Å². The molecule has 0 amide bonds. The van der Waals surface area contributed by atoms with Gasteiger partial charge >= 0.3 is 0 Å². The minimum atomic E-state index is -0.298. The molecule has 3 rings (SSSR count). The third-order valence-corrected chi connectivity index (χ3v) is 2.91. The summed E-state index contributed by atoms with van der Waals surface area (Å²) in [5.41, 5.74) is 1.91. The van der Waals surface area contributed by atoms with Gasteiger partial charge in [0.25, 0.3) is 0 Å². The molecule has 19 heavy (non-hydrogen) atoms. The second-order valence-electron chi connectivity index (χ2n) is 4.24. The van der Waals surface area contributed by atoms with E-state index in [2.05, 4.69) is 4.98 Å². The number of halogens is 1. The van der Waals surface area contributed by atoms with E-state index in [0.717, 1.165) is 16.5 Å². The van der Waals surface area contributed by atoms with E-state index in [4.69, 9.17) is 4.74 Å². The average molecular weight is 253 g/mol. The molecule has 0 radical (unpaired) electrons. The highest BCUT2D eigenvalue weighted by Crippen LogP contribution is 2.19. The van der Waals surface area contributed by atoms with Crippen molar-refractivity contribution < 1.29 is 9.13 Å². The predicted octanol–water partition coefficient (Wildman–Crippen LogP) is 3.95. The first-order valence-electron chi connectivity index (χ1n) is 6.04. The first-order chi connectivity index (χ1) is 9.33. The number of aromatic nitrogens is 1. The number of ether oxygens (including phenoxy) is 1. The van der Waals surface area contributed by atoms with Crippen molar-refractivity contribution in [1.82, 2.24) is 4.98 Å². The van der Waals surface area contributed by atoms with Crippen LogP contribution in [0.25, 0.3) is 10.9 Å². The van der Waals surface area contributed by atoms with Crippen LogP contribution in [0.15, 0.2) is 60.8 Å². The Morgan fingerprint density at radius 2 is 1.84 bits per heavy atom. The lowest BCUT2D eigenvalue weighted by Gasteiger charge is -2.08. The Kier molecular flexibility index (Phi) is 3.11. The lowest BCUT2D eigenvalue weighted by molar-refractivity contribution is 0.306. The molecule has 0 saturated heterocycles. The van der Waals surface area contributed by atoms with Crippen LogP contribution in [0, 0.1) is 5.82 Å². The van der Waals surface area contributed by atoms with E-state index in [1.54, 1.807) is 18.3 Å². The van der Waals surface area contributed by atoms with Crippen molar-refractivity contribution in [3.05, 3.63) is 72.2 Å². The van der Waals surface area contributed by atoms with Crippen molar-refractivity contribution in [3.8, 4) is 5.75 Å². The molecule has 0 fully saturated rings. The number of para-hydroxylation sites is 1. The molecule has 1 heterocycles. The third kappa shape index (κ3) is 2.55.